The Hall–Kier alpha value is -7.01. The van der Waals surface area contributed by atoms with E-state index in [9.17, 15) is 0 Å². The Balaban J connectivity index is 1.02. The van der Waals surface area contributed by atoms with Crippen molar-refractivity contribution in [2.75, 3.05) is 9.80 Å². The van der Waals surface area contributed by atoms with Gasteiger partial charge in [-0.05, 0) is 105 Å². The van der Waals surface area contributed by atoms with Crippen molar-refractivity contribution in [1.82, 2.24) is 0 Å². The molecule has 12 rings (SSSR count). The third-order valence-electron chi connectivity index (χ3n) is 11.6. The highest BCUT2D eigenvalue weighted by atomic mass is 32.1. The third kappa shape index (κ3) is 4.79. The van der Waals surface area contributed by atoms with E-state index in [1.807, 2.05) is 11.3 Å². The van der Waals surface area contributed by atoms with Crippen LogP contribution in [0.4, 0.5) is 28.4 Å². The summed E-state index contributed by atoms with van der Waals surface area (Å²) in [4.78, 5) is 10.2. The first-order valence-electron chi connectivity index (χ1n) is 19.1. The fraction of sp³-hybridized carbons (Fsp3) is 0.0192. The normalized spacial score (nSPS) is 14.3. The SMILES string of the molecule is c1ccc(-c2ccc(N(c3ccc4ccccc4c3)c3ccc4sc5ccc(C6c7ccccc7C7=Nc8cccc9cccc(c89)N76)cc5c4c3)cc2)cc1. The molecule has 0 spiro atoms. The molecule has 1 aromatic heterocycles. The summed E-state index contributed by atoms with van der Waals surface area (Å²) in [5.74, 6) is 1.03. The fourth-order valence-corrected chi connectivity index (χ4v) is 10.1. The lowest BCUT2D eigenvalue weighted by molar-refractivity contribution is 0.874. The van der Waals surface area contributed by atoms with Crippen LogP contribution in [0.2, 0.25) is 0 Å². The lowest BCUT2D eigenvalue weighted by atomic mass is 9.96. The Morgan fingerprint density at radius 2 is 1.14 bits per heavy atom. The van der Waals surface area contributed by atoms with Gasteiger partial charge in [-0.2, -0.15) is 0 Å². The van der Waals surface area contributed by atoms with Crippen molar-refractivity contribution >= 4 is 87.3 Å². The van der Waals surface area contributed by atoms with Gasteiger partial charge in [0, 0.05) is 48.2 Å². The third-order valence-corrected chi connectivity index (χ3v) is 12.8. The number of nitrogens with zero attached hydrogens (tertiary/aromatic N) is 3. The molecule has 3 nitrogen and oxygen atoms in total. The molecule has 0 saturated heterocycles. The number of rotatable bonds is 5. The van der Waals surface area contributed by atoms with E-state index in [0.29, 0.717) is 0 Å². The topological polar surface area (TPSA) is 18.8 Å². The van der Waals surface area contributed by atoms with Crippen molar-refractivity contribution in [3.63, 3.8) is 0 Å². The molecular weight excluding hydrogens is 699 g/mol. The zero-order chi connectivity index (χ0) is 36.7. The maximum absolute atomic E-state index is 5.31. The number of hydrogen-bond acceptors (Lipinski definition) is 4. The van der Waals surface area contributed by atoms with Crippen LogP contribution in [-0.2, 0) is 0 Å². The second-order valence-corrected chi connectivity index (χ2v) is 15.8. The molecule has 10 aromatic rings. The van der Waals surface area contributed by atoms with Gasteiger partial charge in [0.1, 0.15) is 5.84 Å². The van der Waals surface area contributed by atoms with E-state index >= 15 is 0 Å². The molecule has 1 unspecified atom stereocenters. The number of benzene rings is 9. The number of aliphatic imine (C=N–C) groups is 1. The molecule has 262 valence electrons. The fourth-order valence-electron chi connectivity index (χ4n) is 9.02. The van der Waals surface area contributed by atoms with E-state index in [1.54, 1.807) is 0 Å². The summed E-state index contributed by atoms with van der Waals surface area (Å²) in [5.41, 5.74) is 11.8. The van der Waals surface area contributed by atoms with Crippen LogP contribution in [0.25, 0.3) is 52.8 Å². The van der Waals surface area contributed by atoms with Crippen molar-refractivity contribution in [3.8, 4) is 11.1 Å². The number of hydrogen-bond donors (Lipinski definition) is 0. The minimum Gasteiger partial charge on any atom is -0.313 e. The maximum Gasteiger partial charge on any atom is 0.142 e. The smallest absolute Gasteiger partial charge is 0.142 e. The second kappa shape index (κ2) is 12.3. The number of thiophene rings is 1. The highest BCUT2D eigenvalue weighted by molar-refractivity contribution is 7.25. The van der Waals surface area contributed by atoms with Gasteiger partial charge in [-0.3, -0.25) is 0 Å². The van der Waals surface area contributed by atoms with Gasteiger partial charge in [-0.1, -0.05) is 127 Å². The molecule has 9 aromatic carbocycles. The first-order valence-corrected chi connectivity index (χ1v) is 20.0. The van der Waals surface area contributed by atoms with Gasteiger partial charge in [0.15, 0.2) is 0 Å². The molecule has 0 N–H and O–H groups in total. The van der Waals surface area contributed by atoms with Gasteiger partial charge in [0.05, 0.1) is 17.4 Å². The summed E-state index contributed by atoms with van der Waals surface area (Å²) in [7, 11) is 0. The van der Waals surface area contributed by atoms with Gasteiger partial charge >= 0.3 is 0 Å². The average molecular weight is 732 g/mol. The van der Waals surface area contributed by atoms with Crippen LogP contribution >= 0.6 is 11.3 Å². The van der Waals surface area contributed by atoms with Crippen molar-refractivity contribution in [2.45, 2.75) is 6.04 Å². The van der Waals surface area contributed by atoms with Gasteiger partial charge in [-0.15, -0.1) is 11.3 Å². The Bertz CT molecular complexity index is 3210. The lowest BCUT2D eigenvalue weighted by Gasteiger charge is -2.32. The highest BCUT2D eigenvalue weighted by Gasteiger charge is 2.40. The summed E-state index contributed by atoms with van der Waals surface area (Å²) in [6, 6.07) is 70.9. The van der Waals surface area contributed by atoms with E-state index < -0.39 is 0 Å². The summed E-state index contributed by atoms with van der Waals surface area (Å²) < 4.78 is 2.57. The highest BCUT2D eigenvalue weighted by Crippen LogP contribution is 2.50. The zero-order valence-electron chi connectivity index (χ0n) is 30.3. The first kappa shape index (κ1) is 31.4. The Labute approximate surface area is 328 Å². The monoisotopic (exact) mass is 731 g/mol. The number of fused-ring (bicyclic) bond motifs is 8. The van der Waals surface area contributed by atoms with E-state index in [4.69, 9.17) is 4.99 Å². The van der Waals surface area contributed by atoms with Gasteiger partial charge in [0.2, 0.25) is 0 Å². The molecular formula is C52H33N3S. The lowest BCUT2D eigenvalue weighted by Crippen LogP contribution is -2.30. The summed E-state index contributed by atoms with van der Waals surface area (Å²) in [5, 5.41) is 7.43. The van der Waals surface area contributed by atoms with Crippen molar-refractivity contribution in [3.05, 3.63) is 211 Å². The standard InChI is InChI=1S/C52H33N3S/c1-2-10-33(11-3-1)35-20-24-39(25-21-35)54(40-26-22-34-12-4-5-13-37(34)30-40)41-27-29-49-45(32-41)44-31-38(23-28-48(44)56-49)51-42-16-6-7-17-43(42)52-53-46-18-8-14-36-15-9-19-47(50(36)46)55(51)52/h1-32,51H. The molecule has 56 heavy (non-hydrogen) atoms. The van der Waals surface area contributed by atoms with Crippen LogP contribution in [-0.4, -0.2) is 5.84 Å². The van der Waals surface area contributed by atoms with Crippen LogP contribution in [0.1, 0.15) is 22.7 Å². The average Bonchev–Trinajstić information content (AvgIpc) is 3.80. The molecule has 4 heteroatoms. The Kier molecular flexibility index (Phi) is 6.86. The second-order valence-electron chi connectivity index (χ2n) is 14.8. The van der Waals surface area contributed by atoms with Crippen LogP contribution < -0.4 is 9.80 Å². The molecule has 1 atom stereocenters. The Morgan fingerprint density at radius 3 is 2.02 bits per heavy atom. The largest absolute Gasteiger partial charge is 0.313 e. The van der Waals surface area contributed by atoms with Crippen molar-refractivity contribution in [2.24, 2.45) is 4.99 Å². The minimum absolute atomic E-state index is 0.00339. The summed E-state index contributed by atoms with van der Waals surface area (Å²) in [6.07, 6.45) is 0. The van der Waals surface area contributed by atoms with Crippen molar-refractivity contribution in [1.29, 1.82) is 0 Å². The predicted octanol–water partition coefficient (Wildman–Crippen LogP) is 14.5. The predicted molar refractivity (Wildman–Crippen MR) is 238 cm³/mol. The summed E-state index contributed by atoms with van der Waals surface area (Å²) in [6.45, 7) is 0. The number of anilines is 4. The molecule has 3 heterocycles. The minimum atomic E-state index is 0.00339. The molecule has 0 fully saturated rings. The van der Waals surface area contributed by atoms with Crippen LogP contribution in [0.3, 0.4) is 0 Å². The van der Waals surface area contributed by atoms with E-state index in [1.165, 1.54) is 75.2 Å². The molecule has 2 aliphatic heterocycles. The quantitative estimate of drug-likeness (QED) is 0.176. The van der Waals surface area contributed by atoms with E-state index in [-0.39, 0.29) is 6.04 Å². The molecule has 0 radical (unpaired) electrons. The zero-order valence-corrected chi connectivity index (χ0v) is 31.1. The number of amidine groups is 1. The molecule has 0 saturated carbocycles. The van der Waals surface area contributed by atoms with Gasteiger partial charge in [-0.25, -0.2) is 4.99 Å². The Morgan fingerprint density at radius 1 is 0.482 bits per heavy atom. The van der Waals surface area contributed by atoms with Crippen molar-refractivity contribution < 1.29 is 0 Å². The van der Waals surface area contributed by atoms with Gasteiger partial charge in [0.25, 0.3) is 0 Å². The van der Waals surface area contributed by atoms with Crippen LogP contribution in [0, 0.1) is 0 Å². The molecule has 0 bridgehead atoms. The van der Waals surface area contributed by atoms with Crippen LogP contribution in [0.5, 0.6) is 0 Å². The van der Waals surface area contributed by atoms with E-state index in [0.717, 1.165) is 28.6 Å². The first-order chi connectivity index (χ1) is 27.7. The molecule has 0 aliphatic carbocycles. The van der Waals surface area contributed by atoms with Gasteiger partial charge < -0.3 is 9.80 Å². The molecule has 2 aliphatic rings. The maximum atomic E-state index is 5.31. The molecule has 0 amide bonds. The van der Waals surface area contributed by atoms with E-state index in [2.05, 4.69) is 204 Å². The van der Waals surface area contributed by atoms with Crippen LogP contribution in [0.15, 0.2) is 199 Å². The summed E-state index contributed by atoms with van der Waals surface area (Å²) >= 11 is 1.87.